The largest absolute Gasteiger partial charge is 0.0885 e. The van der Waals surface area contributed by atoms with Crippen molar-refractivity contribution in [3.05, 3.63) is 19.1 Å². The van der Waals surface area contributed by atoms with Crippen LogP contribution < -0.4 is 0 Å². The van der Waals surface area contributed by atoms with E-state index in [4.69, 9.17) is 0 Å². The minimum atomic E-state index is 0.846. The van der Waals surface area contributed by atoms with Crippen LogP contribution in [0.25, 0.3) is 0 Å². The summed E-state index contributed by atoms with van der Waals surface area (Å²) in [5.41, 5.74) is 0. The van der Waals surface area contributed by atoms with E-state index >= 15 is 0 Å². The molecule has 1 rings (SSSR count). The normalized spacial score (nSPS) is 32.7. The van der Waals surface area contributed by atoms with E-state index in [1.807, 2.05) is 0 Å². The smallest absolute Gasteiger partial charge is 0.0319 e. The van der Waals surface area contributed by atoms with E-state index in [0.717, 1.165) is 30.1 Å². The van der Waals surface area contributed by atoms with Gasteiger partial charge in [-0.3, -0.25) is 0 Å². The van der Waals surface area contributed by atoms with E-state index in [1.54, 1.807) is 0 Å². The second-order valence-corrected chi connectivity index (χ2v) is 5.49. The van der Waals surface area contributed by atoms with Crippen LogP contribution in [-0.4, -0.2) is 0 Å². The minimum absolute atomic E-state index is 0.846. The topological polar surface area (TPSA) is 0 Å². The Morgan fingerprint density at radius 1 is 1.27 bits per heavy atom. The van der Waals surface area contributed by atoms with Gasteiger partial charge in [0.2, 0.25) is 0 Å². The number of rotatable bonds is 4. The predicted octanol–water partition coefficient (Wildman–Crippen LogP) is 4.87. The van der Waals surface area contributed by atoms with Crippen LogP contribution in [0.15, 0.2) is 12.2 Å². The van der Waals surface area contributed by atoms with Crippen LogP contribution >= 0.6 is 0 Å². The molecule has 1 radical (unpaired) electrons. The highest BCUT2D eigenvalue weighted by atomic mass is 14.4. The molecule has 1 saturated carbocycles. The first kappa shape index (κ1) is 12.8. The Hall–Kier alpha value is -0.260. The molecule has 0 N–H and O–H groups in total. The maximum absolute atomic E-state index is 3.85. The highest BCUT2D eigenvalue weighted by molar-refractivity contribution is 4.90. The average Bonchev–Trinajstić information content (AvgIpc) is 2.17. The SMILES string of the molecule is [CH2]CC=CCC1CCCC(C)C1C(C)C. The quantitative estimate of drug-likeness (QED) is 0.577. The van der Waals surface area contributed by atoms with Crippen molar-refractivity contribution in [2.75, 3.05) is 0 Å². The van der Waals surface area contributed by atoms with Gasteiger partial charge in [0.15, 0.2) is 0 Å². The first-order valence-electron chi connectivity index (χ1n) is 6.61. The monoisotopic (exact) mass is 207 g/mol. The third-order valence-electron chi connectivity index (χ3n) is 3.98. The number of allylic oxidation sites excluding steroid dienone is 2. The van der Waals surface area contributed by atoms with Crippen molar-refractivity contribution in [2.45, 2.75) is 52.9 Å². The molecule has 3 unspecified atom stereocenters. The standard InChI is InChI=1S/C15H27/c1-5-6-7-10-14-11-8-9-13(4)15(14)12(2)3/h6-7,12-15H,1,5,8-11H2,2-4H3. The molecule has 0 heterocycles. The van der Waals surface area contributed by atoms with Crippen LogP contribution in [-0.2, 0) is 0 Å². The van der Waals surface area contributed by atoms with Crippen molar-refractivity contribution in [3.63, 3.8) is 0 Å². The lowest BCUT2D eigenvalue weighted by atomic mass is 9.67. The van der Waals surface area contributed by atoms with Gasteiger partial charge in [-0.05, 0) is 49.9 Å². The maximum atomic E-state index is 3.85. The zero-order valence-corrected chi connectivity index (χ0v) is 10.7. The van der Waals surface area contributed by atoms with Gasteiger partial charge in [0, 0.05) is 0 Å². The van der Waals surface area contributed by atoms with Gasteiger partial charge in [-0.25, -0.2) is 0 Å². The Balaban J connectivity index is 2.54. The van der Waals surface area contributed by atoms with Crippen LogP contribution in [0.1, 0.15) is 52.9 Å². The molecule has 1 fully saturated rings. The molecule has 0 nitrogen and oxygen atoms in total. The second-order valence-electron chi connectivity index (χ2n) is 5.49. The Kier molecular flexibility index (Phi) is 5.42. The van der Waals surface area contributed by atoms with Crippen molar-refractivity contribution >= 4 is 0 Å². The molecular weight excluding hydrogens is 180 g/mol. The molecular formula is C15H27. The zero-order chi connectivity index (χ0) is 11.3. The van der Waals surface area contributed by atoms with E-state index in [0.29, 0.717) is 0 Å². The van der Waals surface area contributed by atoms with Gasteiger partial charge >= 0.3 is 0 Å². The molecule has 0 aliphatic heterocycles. The molecule has 1 aliphatic carbocycles. The van der Waals surface area contributed by atoms with Crippen molar-refractivity contribution in [2.24, 2.45) is 23.7 Å². The fourth-order valence-electron chi connectivity index (χ4n) is 3.42. The van der Waals surface area contributed by atoms with E-state index in [9.17, 15) is 0 Å². The van der Waals surface area contributed by atoms with Gasteiger partial charge in [0.25, 0.3) is 0 Å². The molecule has 0 bridgehead atoms. The maximum Gasteiger partial charge on any atom is -0.0319 e. The number of hydrogen-bond acceptors (Lipinski definition) is 0. The molecule has 0 aromatic rings. The predicted molar refractivity (Wildman–Crippen MR) is 68.6 cm³/mol. The zero-order valence-electron chi connectivity index (χ0n) is 10.7. The number of hydrogen-bond donors (Lipinski definition) is 0. The highest BCUT2D eigenvalue weighted by Crippen LogP contribution is 2.40. The molecule has 1 aliphatic rings. The molecule has 0 spiro atoms. The van der Waals surface area contributed by atoms with Crippen LogP contribution in [0.5, 0.6) is 0 Å². The lowest BCUT2D eigenvalue weighted by Crippen LogP contribution is -2.30. The summed E-state index contributed by atoms with van der Waals surface area (Å²) in [7, 11) is 0. The average molecular weight is 207 g/mol. The van der Waals surface area contributed by atoms with Crippen LogP contribution in [0.2, 0.25) is 0 Å². The molecule has 0 amide bonds. The van der Waals surface area contributed by atoms with E-state index in [1.165, 1.54) is 25.7 Å². The summed E-state index contributed by atoms with van der Waals surface area (Å²) in [6.45, 7) is 11.1. The summed E-state index contributed by atoms with van der Waals surface area (Å²) < 4.78 is 0. The summed E-state index contributed by atoms with van der Waals surface area (Å²) in [5.74, 6) is 3.64. The molecule has 0 heteroatoms. The molecule has 0 aromatic carbocycles. The molecule has 87 valence electrons. The summed E-state index contributed by atoms with van der Waals surface area (Å²) in [6, 6.07) is 0. The molecule has 0 saturated heterocycles. The van der Waals surface area contributed by atoms with Crippen LogP contribution in [0.3, 0.4) is 0 Å². The van der Waals surface area contributed by atoms with Gasteiger partial charge in [0.05, 0.1) is 0 Å². The third-order valence-corrected chi connectivity index (χ3v) is 3.98. The summed E-state index contributed by atoms with van der Waals surface area (Å²) >= 11 is 0. The van der Waals surface area contributed by atoms with Crippen LogP contribution in [0.4, 0.5) is 0 Å². The lowest BCUT2D eigenvalue weighted by molar-refractivity contribution is 0.118. The molecule has 15 heavy (non-hydrogen) atoms. The Morgan fingerprint density at radius 3 is 2.60 bits per heavy atom. The Bertz CT molecular complexity index is 190. The Morgan fingerprint density at radius 2 is 2.00 bits per heavy atom. The van der Waals surface area contributed by atoms with Gasteiger partial charge in [0.1, 0.15) is 0 Å². The molecule has 0 aromatic heterocycles. The van der Waals surface area contributed by atoms with Gasteiger partial charge in [-0.1, -0.05) is 45.8 Å². The van der Waals surface area contributed by atoms with Crippen molar-refractivity contribution < 1.29 is 0 Å². The van der Waals surface area contributed by atoms with Crippen LogP contribution in [0, 0.1) is 30.6 Å². The van der Waals surface area contributed by atoms with Gasteiger partial charge in [-0.15, -0.1) is 0 Å². The van der Waals surface area contributed by atoms with E-state index < -0.39 is 0 Å². The van der Waals surface area contributed by atoms with Gasteiger partial charge < -0.3 is 0 Å². The summed E-state index contributed by atoms with van der Waals surface area (Å²) in [4.78, 5) is 0. The molecule has 3 atom stereocenters. The van der Waals surface area contributed by atoms with E-state index in [2.05, 4.69) is 39.8 Å². The van der Waals surface area contributed by atoms with Crippen molar-refractivity contribution in [1.82, 2.24) is 0 Å². The fraction of sp³-hybridized carbons (Fsp3) is 0.800. The first-order valence-corrected chi connectivity index (χ1v) is 6.61. The third kappa shape index (κ3) is 3.66. The second kappa shape index (κ2) is 6.35. The first-order chi connectivity index (χ1) is 7.16. The van der Waals surface area contributed by atoms with Crippen molar-refractivity contribution in [1.29, 1.82) is 0 Å². The lowest BCUT2D eigenvalue weighted by Gasteiger charge is -2.39. The highest BCUT2D eigenvalue weighted by Gasteiger charge is 2.31. The van der Waals surface area contributed by atoms with E-state index in [-0.39, 0.29) is 0 Å². The fourth-order valence-corrected chi connectivity index (χ4v) is 3.42. The van der Waals surface area contributed by atoms with Gasteiger partial charge in [-0.2, -0.15) is 0 Å². The van der Waals surface area contributed by atoms with Crippen molar-refractivity contribution in [3.8, 4) is 0 Å². The Labute approximate surface area is 96.2 Å². The minimum Gasteiger partial charge on any atom is -0.0885 e. The summed E-state index contributed by atoms with van der Waals surface area (Å²) in [5, 5.41) is 0. The summed E-state index contributed by atoms with van der Waals surface area (Å²) in [6.07, 6.45) is 11.1.